The summed E-state index contributed by atoms with van der Waals surface area (Å²) in [5.74, 6) is 1.99. The Bertz CT molecular complexity index is 754. The summed E-state index contributed by atoms with van der Waals surface area (Å²) in [6.45, 7) is 1.45. The predicted octanol–water partition coefficient (Wildman–Crippen LogP) is 10.3. The molecule has 0 saturated heterocycles. The van der Waals surface area contributed by atoms with Crippen LogP contribution < -0.4 is 9.47 Å². The SMILES string of the molecule is BrCCOc1cccc(CCCCCCC/C=C/CCCCCCCc2cccc(OCCBr)c2)c1. The average molecular weight is 623 g/mol. The summed E-state index contributed by atoms with van der Waals surface area (Å²) in [5, 5.41) is 1.75. The quantitative estimate of drug-likeness (QED) is 0.0739. The van der Waals surface area contributed by atoms with Gasteiger partial charge in [-0.25, -0.2) is 0 Å². The van der Waals surface area contributed by atoms with Crippen LogP contribution in [0.4, 0.5) is 0 Å². The van der Waals surface area contributed by atoms with E-state index in [1.165, 1.54) is 88.2 Å². The minimum atomic E-state index is 0.725. The maximum atomic E-state index is 5.69. The smallest absolute Gasteiger partial charge is 0.119 e. The molecule has 0 heterocycles. The monoisotopic (exact) mass is 620 g/mol. The fourth-order valence-electron chi connectivity index (χ4n) is 4.37. The van der Waals surface area contributed by atoms with E-state index >= 15 is 0 Å². The minimum Gasteiger partial charge on any atom is -0.493 e. The molecule has 36 heavy (non-hydrogen) atoms. The van der Waals surface area contributed by atoms with Crippen LogP contribution in [-0.2, 0) is 12.8 Å². The second-order valence-corrected chi connectivity index (χ2v) is 11.0. The van der Waals surface area contributed by atoms with Gasteiger partial charge in [0.25, 0.3) is 0 Å². The van der Waals surface area contributed by atoms with Crippen LogP contribution in [0.15, 0.2) is 60.7 Å². The standard InChI is InChI=1S/C32H46Br2O2/c33-23-25-35-31-21-15-19-29(27-31)17-13-11-9-7-5-3-1-2-4-6-8-10-12-14-18-30-20-16-22-32(28-30)36-26-24-34/h1-2,15-16,19-22,27-28H,3-14,17-18,23-26H2/b2-1+. The van der Waals surface area contributed by atoms with Gasteiger partial charge in [0.2, 0.25) is 0 Å². The van der Waals surface area contributed by atoms with Crippen molar-refractivity contribution in [3.05, 3.63) is 71.8 Å². The first-order chi connectivity index (χ1) is 17.8. The zero-order chi connectivity index (χ0) is 25.5. The van der Waals surface area contributed by atoms with Crippen LogP contribution in [0.2, 0.25) is 0 Å². The molecule has 0 aliphatic carbocycles. The van der Waals surface area contributed by atoms with Gasteiger partial charge in [-0.05, 0) is 86.8 Å². The Labute approximate surface area is 237 Å². The third-order valence-electron chi connectivity index (χ3n) is 6.33. The Morgan fingerprint density at radius 3 is 1.39 bits per heavy atom. The normalized spacial score (nSPS) is 11.3. The highest BCUT2D eigenvalue weighted by Crippen LogP contribution is 2.18. The van der Waals surface area contributed by atoms with Crippen LogP contribution in [0.3, 0.4) is 0 Å². The molecule has 0 unspecified atom stereocenters. The summed E-state index contributed by atoms with van der Waals surface area (Å²) < 4.78 is 11.4. The van der Waals surface area contributed by atoms with Gasteiger partial charge >= 0.3 is 0 Å². The molecule has 0 amide bonds. The minimum absolute atomic E-state index is 0.725. The molecule has 2 rings (SSSR count). The van der Waals surface area contributed by atoms with Crippen molar-refractivity contribution < 1.29 is 9.47 Å². The van der Waals surface area contributed by atoms with Gasteiger partial charge in [0.15, 0.2) is 0 Å². The van der Waals surface area contributed by atoms with Crippen molar-refractivity contribution in [1.82, 2.24) is 0 Å². The number of aryl methyl sites for hydroxylation is 2. The zero-order valence-corrected chi connectivity index (χ0v) is 25.2. The van der Waals surface area contributed by atoms with Crippen molar-refractivity contribution in [2.24, 2.45) is 0 Å². The van der Waals surface area contributed by atoms with Gasteiger partial charge < -0.3 is 9.47 Å². The largest absolute Gasteiger partial charge is 0.493 e. The highest BCUT2D eigenvalue weighted by atomic mass is 79.9. The van der Waals surface area contributed by atoms with Crippen molar-refractivity contribution in [2.45, 2.75) is 89.9 Å². The van der Waals surface area contributed by atoms with Crippen LogP contribution in [0, 0.1) is 0 Å². The van der Waals surface area contributed by atoms with Gasteiger partial charge in [-0.15, -0.1) is 0 Å². The van der Waals surface area contributed by atoms with Gasteiger partial charge in [0.05, 0.1) is 13.2 Å². The van der Waals surface area contributed by atoms with E-state index in [4.69, 9.17) is 9.47 Å². The van der Waals surface area contributed by atoms with E-state index in [-0.39, 0.29) is 0 Å². The number of alkyl halides is 2. The first-order valence-electron chi connectivity index (χ1n) is 14.0. The second-order valence-electron chi connectivity index (χ2n) is 9.45. The van der Waals surface area contributed by atoms with Crippen LogP contribution in [0.25, 0.3) is 0 Å². The van der Waals surface area contributed by atoms with Crippen molar-refractivity contribution in [3.8, 4) is 11.5 Å². The Kier molecular flexibility index (Phi) is 18.7. The van der Waals surface area contributed by atoms with E-state index in [0.29, 0.717) is 0 Å². The Morgan fingerprint density at radius 1 is 0.528 bits per heavy atom. The van der Waals surface area contributed by atoms with Crippen molar-refractivity contribution in [2.75, 3.05) is 23.9 Å². The Hall–Kier alpha value is -1.26. The molecule has 0 aliphatic heterocycles. The molecule has 0 spiro atoms. The summed E-state index contributed by atoms with van der Waals surface area (Å²) >= 11 is 6.82. The summed E-state index contributed by atoms with van der Waals surface area (Å²) in [6, 6.07) is 17.1. The lowest BCUT2D eigenvalue weighted by Crippen LogP contribution is -1.98. The third-order valence-corrected chi connectivity index (χ3v) is 6.98. The number of rotatable bonds is 22. The molecule has 0 N–H and O–H groups in total. The lowest BCUT2D eigenvalue weighted by molar-refractivity contribution is 0.344. The molecule has 2 nitrogen and oxygen atoms in total. The molecule has 2 aromatic rings. The highest BCUT2D eigenvalue weighted by Gasteiger charge is 1.99. The van der Waals surface area contributed by atoms with Crippen molar-refractivity contribution in [1.29, 1.82) is 0 Å². The molecule has 0 fully saturated rings. The predicted molar refractivity (Wildman–Crippen MR) is 163 cm³/mol. The van der Waals surface area contributed by atoms with Crippen molar-refractivity contribution >= 4 is 31.9 Å². The highest BCUT2D eigenvalue weighted by molar-refractivity contribution is 9.09. The lowest BCUT2D eigenvalue weighted by Gasteiger charge is -2.07. The molecule has 0 aliphatic rings. The van der Waals surface area contributed by atoms with E-state index in [2.05, 4.69) is 80.4 Å². The molecule has 4 heteroatoms. The number of hydrogen-bond donors (Lipinski definition) is 0. The zero-order valence-electron chi connectivity index (χ0n) is 22.1. The van der Waals surface area contributed by atoms with Gasteiger partial charge in [0, 0.05) is 10.7 Å². The van der Waals surface area contributed by atoms with Crippen LogP contribution >= 0.6 is 31.9 Å². The van der Waals surface area contributed by atoms with Crippen LogP contribution in [0.5, 0.6) is 11.5 Å². The van der Waals surface area contributed by atoms with E-state index in [9.17, 15) is 0 Å². The molecular formula is C32H46Br2O2. The molecule has 200 valence electrons. The Morgan fingerprint density at radius 2 is 0.944 bits per heavy atom. The van der Waals surface area contributed by atoms with E-state index in [0.717, 1.165) is 48.2 Å². The van der Waals surface area contributed by atoms with Crippen molar-refractivity contribution in [3.63, 3.8) is 0 Å². The Balaban J connectivity index is 1.36. The van der Waals surface area contributed by atoms with Crippen LogP contribution in [-0.4, -0.2) is 23.9 Å². The molecular weight excluding hydrogens is 576 g/mol. The molecule has 2 aromatic carbocycles. The topological polar surface area (TPSA) is 18.5 Å². The molecule has 0 atom stereocenters. The number of allylic oxidation sites excluding steroid dienone is 2. The third kappa shape index (κ3) is 15.8. The molecule has 0 bridgehead atoms. The average Bonchev–Trinajstić information content (AvgIpc) is 2.91. The molecule has 0 saturated carbocycles. The number of benzene rings is 2. The van der Waals surface area contributed by atoms with Gasteiger partial charge in [-0.2, -0.15) is 0 Å². The summed E-state index contributed by atoms with van der Waals surface area (Å²) in [6.07, 6.45) is 22.9. The van der Waals surface area contributed by atoms with E-state index in [1.807, 2.05) is 12.1 Å². The number of halogens is 2. The number of hydrogen-bond acceptors (Lipinski definition) is 2. The van der Waals surface area contributed by atoms with Crippen LogP contribution in [0.1, 0.15) is 88.2 Å². The molecule has 0 aromatic heterocycles. The maximum absolute atomic E-state index is 5.69. The number of unbranched alkanes of at least 4 members (excludes halogenated alkanes) is 10. The lowest BCUT2D eigenvalue weighted by atomic mass is 10.0. The van der Waals surface area contributed by atoms with Gasteiger partial charge in [-0.3, -0.25) is 0 Å². The van der Waals surface area contributed by atoms with Gasteiger partial charge in [0.1, 0.15) is 11.5 Å². The maximum Gasteiger partial charge on any atom is 0.119 e. The second kappa shape index (κ2) is 21.8. The first-order valence-corrected chi connectivity index (χ1v) is 16.3. The summed E-state index contributed by atoms with van der Waals surface area (Å²) in [4.78, 5) is 0. The van der Waals surface area contributed by atoms with E-state index < -0.39 is 0 Å². The molecule has 0 radical (unpaired) electrons. The summed E-state index contributed by atoms with van der Waals surface area (Å²) in [5.41, 5.74) is 2.79. The van der Waals surface area contributed by atoms with E-state index in [1.54, 1.807) is 0 Å². The summed E-state index contributed by atoms with van der Waals surface area (Å²) in [7, 11) is 0. The van der Waals surface area contributed by atoms with Gasteiger partial charge in [-0.1, -0.05) is 107 Å². The fraction of sp³-hybridized carbons (Fsp3) is 0.562. The number of ether oxygens (including phenoxy) is 2. The fourth-order valence-corrected chi connectivity index (χ4v) is 4.70. The first kappa shape index (κ1) is 31.0.